The van der Waals surface area contributed by atoms with Crippen LogP contribution in [-0.2, 0) is 0 Å². The summed E-state index contributed by atoms with van der Waals surface area (Å²) in [6.07, 6.45) is 0.920. The molecule has 0 amide bonds. The Balaban J connectivity index is 2.88. The third-order valence-electron chi connectivity index (χ3n) is 2.59. The summed E-state index contributed by atoms with van der Waals surface area (Å²) in [7, 11) is 1.69. The highest BCUT2D eigenvalue weighted by atomic mass is 16.5. The van der Waals surface area contributed by atoms with Crippen LogP contribution in [0.5, 0.6) is 5.75 Å². The lowest BCUT2D eigenvalue weighted by Gasteiger charge is -2.12. The SMILES string of the molecule is CC#CCC(C)c1ccc(OC)cc1C. The first kappa shape index (κ1) is 11.7. The van der Waals surface area contributed by atoms with Gasteiger partial charge in [-0.3, -0.25) is 0 Å². The first-order chi connectivity index (χ1) is 7.19. The van der Waals surface area contributed by atoms with Crippen LogP contribution in [0.1, 0.15) is 37.3 Å². The van der Waals surface area contributed by atoms with Crippen LogP contribution < -0.4 is 4.74 Å². The van der Waals surface area contributed by atoms with E-state index >= 15 is 0 Å². The summed E-state index contributed by atoms with van der Waals surface area (Å²) in [6.45, 7) is 6.21. The second-order valence-corrected chi connectivity index (χ2v) is 3.75. The van der Waals surface area contributed by atoms with Crippen LogP contribution >= 0.6 is 0 Å². The minimum Gasteiger partial charge on any atom is -0.497 e. The van der Waals surface area contributed by atoms with Crippen molar-refractivity contribution in [3.8, 4) is 17.6 Å². The van der Waals surface area contributed by atoms with Gasteiger partial charge >= 0.3 is 0 Å². The van der Waals surface area contributed by atoms with Gasteiger partial charge < -0.3 is 4.74 Å². The molecule has 15 heavy (non-hydrogen) atoms. The normalized spacial score (nSPS) is 11.5. The molecule has 1 heteroatoms. The molecule has 0 N–H and O–H groups in total. The molecule has 0 radical (unpaired) electrons. The third kappa shape index (κ3) is 3.02. The van der Waals surface area contributed by atoms with Crippen molar-refractivity contribution in [1.82, 2.24) is 0 Å². The van der Waals surface area contributed by atoms with Crippen LogP contribution in [0.3, 0.4) is 0 Å². The first-order valence-corrected chi connectivity index (χ1v) is 5.23. The van der Waals surface area contributed by atoms with E-state index in [-0.39, 0.29) is 0 Å². The molecule has 0 aromatic heterocycles. The molecular weight excluding hydrogens is 184 g/mol. The molecule has 1 atom stereocenters. The van der Waals surface area contributed by atoms with Crippen LogP contribution in [0.15, 0.2) is 18.2 Å². The quantitative estimate of drug-likeness (QED) is 0.681. The number of methoxy groups -OCH3 is 1. The average Bonchev–Trinajstić information content (AvgIpc) is 2.25. The van der Waals surface area contributed by atoms with Crippen LogP contribution in [0.25, 0.3) is 0 Å². The minimum absolute atomic E-state index is 0.489. The molecule has 0 aliphatic heterocycles. The summed E-state index contributed by atoms with van der Waals surface area (Å²) < 4.78 is 5.18. The van der Waals surface area contributed by atoms with Crippen molar-refractivity contribution in [2.24, 2.45) is 0 Å². The maximum absolute atomic E-state index is 5.18. The number of hydrogen-bond donors (Lipinski definition) is 0. The maximum Gasteiger partial charge on any atom is 0.119 e. The van der Waals surface area contributed by atoms with Gasteiger partial charge in [0, 0.05) is 6.42 Å². The summed E-state index contributed by atoms with van der Waals surface area (Å²) in [5, 5.41) is 0. The van der Waals surface area contributed by atoms with Crippen molar-refractivity contribution in [1.29, 1.82) is 0 Å². The largest absolute Gasteiger partial charge is 0.497 e. The second kappa shape index (κ2) is 5.46. The van der Waals surface area contributed by atoms with Gasteiger partial charge in [-0.2, -0.15) is 0 Å². The monoisotopic (exact) mass is 202 g/mol. The summed E-state index contributed by atoms with van der Waals surface area (Å²) in [5.41, 5.74) is 2.64. The molecule has 0 spiro atoms. The van der Waals surface area contributed by atoms with Gasteiger partial charge in [-0.15, -0.1) is 11.8 Å². The number of aryl methyl sites for hydroxylation is 1. The third-order valence-corrected chi connectivity index (χ3v) is 2.59. The average molecular weight is 202 g/mol. The van der Waals surface area contributed by atoms with Crippen molar-refractivity contribution in [3.05, 3.63) is 29.3 Å². The summed E-state index contributed by atoms with van der Waals surface area (Å²) in [5.74, 6) is 7.47. The Bertz CT molecular complexity index is 382. The highest BCUT2D eigenvalue weighted by Gasteiger charge is 2.07. The molecule has 0 aliphatic carbocycles. The van der Waals surface area contributed by atoms with Gasteiger partial charge in [-0.05, 0) is 43.0 Å². The number of ether oxygens (including phenoxy) is 1. The topological polar surface area (TPSA) is 9.23 Å². The predicted molar refractivity (Wildman–Crippen MR) is 64.2 cm³/mol. The van der Waals surface area contributed by atoms with Gasteiger partial charge in [0.25, 0.3) is 0 Å². The molecule has 1 unspecified atom stereocenters. The van der Waals surface area contributed by atoms with Crippen molar-refractivity contribution >= 4 is 0 Å². The molecule has 1 aromatic carbocycles. The Labute approximate surface area is 92.5 Å². The van der Waals surface area contributed by atoms with E-state index in [0.717, 1.165) is 12.2 Å². The molecule has 80 valence electrons. The Kier molecular flexibility index (Phi) is 4.24. The Morgan fingerprint density at radius 1 is 1.40 bits per heavy atom. The molecule has 0 aliphatic rings. The van der Waals surface area contributed by atoms with Crippen LogP contribution in [0, 0.1) is 18.8 Å². The van der Waals surface area contributed by atoms with Gasteiger partial charge in [0.2, 0.25) is 0 Å². The zero-order chi connectivity index (χ0) is 11.3. The molecule has 0 fully saturated rings. The molecule has 1 aromatic rings. The molecule has 0 saturated heterocycles. The molecule has 0 heterocycles. The lowest BCUT2D eigenvalue weighted by molar-refractivity contribution is 0.414. The van der Waals surface area contributed by atoms with E-state index in [4.69, 9.17) is 4.74 Å². The zero-order valence-electron chi connectivity index (χ0n) is 9.92. The molecule has 1 rings (SSSR count). The summed E-state index contributed by atoms with van der Waals surface area (Å²) in [6, 6.07) is 6.22. The van der Waals surface area contributed by atoms with Gasteiger partial charge in [0.1, 0.15) is 5.75 Å². The zero-order valence-corrected chi connectivity index (χ0v) is 9.92. The number of rotatable bonds is 3. The predicted octanol–water partition coefficient (Wildman–Crippen LogP) is 3.52. The van der Waals surface area contributed by atoms with Gasteiger partial charge in [0.15, 0.2) is 0 Å². The standard InChI is InChI=1S/C14H18O/c1-5-6-7-11(2)14-9-8-13(15-4)10-12(14)3/h8-11H,7H2,1-4H3. The van der Waals surface area contributed by atoms with Crippen molar-refractivity contribution in [3.63, 3.8) is 0 Å². The van der Waals surface area contributed by atoms with E-state index in [1.807, 2.05) is 13.0 Å². The first-order valence-electron chi connectivity index (χ1n) is 5.23. The van der Waals surface area contributed by atoms with Crippen molar-refractivity contribution in [2.45, 2.75) is 33.1 Å². The fourth-order valence-electron chi connectivity index (χ4n) is 1.69. The van der Waals surface area contributed by atoms with Gasteiger partial charge in [-0.1, -0.05) is 13.0 Å². The van der Waals surface area contributed by atoms with E-state index in [2.05, 4.69) is 37.8 Å². The van der Waals surface area contributed by atoms with Crippen LogP contribution in [0.4, 0.5) is 0 Å². The van der Waals surface area contributed by atoms with E-state index in [9.17, 15) is 0 Å². The number of hydrogen-bond acceptors (Lipinski definition) is 1. The van der Waals surface area contributed by atoms with E-state index in [0.29, 0.717) is 5.92 Å². The molecule has 1 nitrogen and oxygen atoms in total. The van der Waals surface area contributed by atoms with E-state index in [1.54, 1.807) is 7.11 Å². The Morgan fingerprint density at radius 2 is 2.13 bits per heavy atom. The smallest absolute Gasteiger partial charge is 0.119 e. The molecular formula is C14H18O. The lowest BCUT2D eigenvalue weighted by Crippen LogP contribution is -1.96. The van der Waals surface area contributed by atoms with Gasteiger partial charge in [0.05, 0.1) is 7.11 Å². The fraction of sp³-hybridized carbons (Fsp3) is 0.429. The van der Waals surface area contributed by atoms with E-state index in [1.165, 1.54) is 11.1 Å². The Morgan fingerprint density at radius 3 is 2.67 bits per heavy atom. The fourth-order valence-corrected chi connectivity index (χ4v) is 1.69. The molecule has 0 saturated carbocycles. The molecule has 0 bridgehead atoms. The maximum atomic E-state index is 5.18. The highest BCUT2D eigenvalue weighted by molar-refractivity contribution is 5.37. The summed E-state index contributed by atoms with van der Waals surface area (Å²) >= 11 is 0. The van der Waals surface area contributed by atoms with Gasteiger partial charge in [-0.25, -0.2) is 0 Å². The van der Waals surface area contributed by atoms with Crippen LogP contribution in [-0.4, -0.2) is 7.11 Å². The van der Waals surface area contributed by atoms with Crippen LogP contribution in [0.2, 0.25) is 0 Å². The van der Waals surface area contributed by atoms with Crippen molar-refractivity contribution in [2.75, 3.05) is 7.11 Å². The minimum atomic E-state index is 0.489. The number of benzene rings is 1. The Hall–Kier alpha value is -1.42. The van der Waals surface area contributed by atoms with E-state index < -0.39 is 0 Å². The highest BCUT2D eigenvalue weighted by Crippen LogP contribution is 2.25. The second-order valence-electron chi connectivity index (χ2n) is 3.75. The van der Waals surface area contributed by atoms with Crippen molar-refractivity contribution < 1.29 is 4.74 Å². The lowest BCUT2D eigenvalue weighted by atomic mass is 9.94. The summed E-state index contributed by atoms with van der Waals surface area (Å²) in [4.78, 5) is 0.